The lowest BCUT2D eigenvalue weighted by Gasteiger charge is -2.70. The van der Waals surface area contributed by atoms with Gasteiger partial charge in [-0.15, -0.1) is 0 Å². The lowest BCUT2D eigenvalue weighted by Crippen LogP contribution is -2.68. The van der Waals surface area contributed by atoms with Crippen LogP contribution in [0, 0.1) is 56.7 Å². The van der Waals surface area contributed by atoms with Crippen molar-refractivity contribution in [1.29, 1.82) is 0 Å². The number of carboxylic acids is 2. The third kappa shape index (κ3) is 7.79. The lowest BCUT2D eigenvalue weighted by atomic mass is 9.33. The minimum Gasteiger partial charge on any atom is -0.481 e. The Morgan fingerprint density at radius 2 is 1.30 bits per heavy atom. The highest BCUT2D eigenvalue weighted by molar-refractivity contribution is 5.84. The first kappa shape index (κ1) is 51.4. The molecule has 0 aromatic heterocycles. The number of carboxylic acid groups (broad SMARTS) is 2. The van der Waals surface area contributed by atoms with Crippen molar-refractivity contribution in [2.45, 2.75) is 204 Å². The van der Waals surface area contributed by atoms with Gasteiger partial charge in [0.15, 0.2) is 18.9 Å². The molecule has 8 rings (SSSR count). The van der Waals surface area contributed by atoms with E-state index in [1.54, 1.807) is 0 Å². The smallest absolute Gasteiger partial charge is 0.314 e. The molecule has 0 bridgehead atoms. The van der Waals surface area contributed by atoms with Gasteiger partial charge in [-0.2, -0.15) is 0 Å². The molecule has 3 saturated heterocycles. The SMILES string of the molecule is C[C@@H]1[C@@H](C)CC[C@]2(C(=O)O)CC[C@]3(C(=O)O)C(=CC[C@@H]4[C@@]5(C)CC[C@H](O[C@@H]6O[C@H](CO[C@@H]7O[C@H](CO)[C@@H](O)[C@H](O[C@@H]8O[C@H](C)[C@@H](O)[C@H](O)[C@@H]8O)[C@H]7O)[C@@H](O)[C@H](O)[C@H]6O)C(C)(C)[C@@H]5CC[C@]43C)[C@@H]12. The van der Waals surface area contributed by atoms with E-state index in [0.29, 0.717) is 44.9 Å². The molecule has 0 aromatic carbocycles. The molecule has 0 aromatic rings. The summed E-state index contributed by atoms with van der Waals surface area (Å²) < 4.78 is 35.4. The van der Waals surface area contributed by atoms with Crippen LogP contribution in [0.2, 0.25) is 0 Å². The summed E-state index contributed by atoms with van der Waals surface area (Å²) in [6, 6.07) is 0. The van der Waals surface area contributed by atoms with Crippen molar-refractivity contribution in [2.75, 3.05) is 13.2 Å². The highest BCUT2D eigenvalue weighted by Gasteiger charge is 2.73. The summed E-state index contributed by atoms with van der Waals surface area (Å²) in [6.45, 7) is 13.0. The van der Waals surface area contributed by atoms with Gasteiger partial charge in [-0.1, -0.05) is 53.2 Å². The summed E-state index contributed by atoms with van der Waals surface area (Å²) in [6.07, 6.45) is -17.0. The predicted octanol–water partition coefficient (Wildman–Crippen LogP) is 0.654. The maximum Gasteiger partial charge on any atom is 0.314 e. The molecule has 4 saturated carbocycles. The maximum atomic E-state index is 14.0. The Bertz CT molecular complexity index is 1870. The van der Waals surface area contributed by atoms with Crippen molar-refractivity contribution < 1.29 is 94.2 Å². The third-order valence-electron chi connectivity index (χ3n) is 19.5. The summed E-state index contributed by atoms with van der Waals surface area (Å²) in [5.74, 6) is -1.81. The van der Waals surface area contributed by atoms with Crippen molar-refractivity contribution in [3.8, 4) is 0 Å². The maximum absolute atomic E-state index is 14.0. The topological polar surface area (TPSA) is 312 Å². The first-order valence-corrected chi connectivity index (χ1v) is 24.5. The van der Waals surface area contributed by atoms with E-state index in [0.717, 1.165) is 12.0 Å². The van der Waals surface area contributed by atoms with Crippen molar-refractivity contribution in [1.82, 2.24) is 0 Å². The number of allylic oxidation sites excluding steroid dienone is 1. The van der Waals surface area contributed by atoms with E-state index in [1.165, 1.54) is 6.92 Å². The van der Waals surface area contributed by atoms with Gasteiger partial charge in [0, 0.05) is 0 Å². The van der Waals surface area contributed by atoms with Crippen molar-refractivity contribution >= 4 is 11.9 Å². The van der Waals surface area contributed by atoms with Gasteiger partial charge in [0.25, 0.3) is 0 Å². The van der Waals surface area contributed by atoms with Gasteiger partial charge in [-0.25, -0.2) is 0 Å². The van der Waals surface area contributed by atoms with E-state index in [1.807, 2.05) is 0 Å². The highest BCUT2D eigenvalue weighted by atomic mass is 16.7. The summed E-state index contributed by atoms with van der Waals surface area (Å²) >= 11 is 0. The highest BCUT2D eigenvalue weighted by Crippen LogP contribution is 2.76. The summed E-state index contributed by atoms with van der Waals surface area (Å²) in [7, 11) is 0. The van der Waals surface area contributed by atoms with Crippen LogP contribution < -0.4 is 0 Å². The number of fused-ring (bicyclic) bond motifs is 7. The lowest BCUT2D eigenvalue weighted by molar-refractivity contribution is -0.365. The van der Waals surface area contributed by atoms with E-state index in [9.17, 15) is 65.8 Å². The molecule has 0 unspecified atom stereocenters. The predicted molar refractivity (Wildman–Crippen MR) is 231 cm³/mol. The molecule has 382 valence electrons. The largest absolute Gasteiger partial charge is 0.481 e. The van der Waals surface area contributed by atoms with Gasteiger partial charge < -0.3 is 84.6 Å². The molecule has 8 aliphatic rings. The average Bonchev–Trinajstić information content (AvgIpc) is 3.27. The van der Waals surface area contributed by atoms with Crippen LogP contribution >= 0.6 is 0 Å². The second kappa shape index (κ2) is 18.3. The minimum absolute atomic E-state index is 0.0129. The van der Waals surface area contributed by atoms with Crippen LogP contribution in [0.5, 0.6) is 0 Å². The van der Waals surface area contributed by atoms with Gasteiger partial charge in [-0.05, 0) is 111 Å². The molecule has 3 aliphatic heterocycles. The van der Waals surface area contributed by atoms with Gasteiger partial charge in [-0.3, -0.25) is 9.59 Å². The summed E-state index contributed by atoms with van der Waals surface area (Å²) in [5.41, 5.74) is -2.96. The Kier molecular flexibility index (Phi) is 14.0. The summed E-state index contributed by atoms with van der Waals surface area (Å²) in [4.78, 5) is 27.2. The van der Waals surface area contributed by atoms with Crippen LogP contribution in [-0.4, -0.2) is 180 Å². The quantitative estimate of drug-likeness (QED) is 0.106. The molecule has 25 atom stereocenters. The van der Waals surface area contributed by atoms with Gasteiger partial charge in [0.2, 0.25) is 0 Å². The summed E-state index contributed by atoms with van der Waals surface area (Å²) in [5, 5.41) is 119. The number of aliphatic carboxylic acids is 2. The second-order valence-electron chi connectivity index (χ2n) is 22.8. The Balaban J connectivity index is 0.976. The fraction of sp³-hybridized carbons (Fsp3) is 0.917. The second-order valence-corrected chi connectivity index (χ2v) is 22.8. The van der Waals surface area contributed by atoms with Gasteiger partial charge in [0.1, 0.15) is 67.1 Å². The zero-order valence-electron chi connectivity index (χ0n) is 39.7. The molecule has 19 nitrogen and oxygen atoms in total. The standard InChI is InChI=1S/C48H76O19/c1-20-10-15-47(42(58)59)16-17-48(43(60)61)23(29(47)21(20)2)8-9-27-45(6)13-12-28(44(4,5)26(45)11-14-46(27,48)7)66-41-36(56)34(54)31(51)25(65-41)19-62-39-37(57)38(32(52)24(18-49)64-39)67-40-35(55)33(53)30(50)22(3)63-40/h8,20-22,24-41,49-57H,9-19H2,1-7H3,(H,58,59)(H,60,61)/t20-,21+,22+,24+,25+,26-,27+,28-,29+,30+,31+,32+,33-,34-,35-,36+,37+,38-,39+,40-,41-,45-,46+,47-,48+/m0/s1. The van der Waals surface area contributed by atoms with E-state index >= 15 is 0 Å². The van der Waals surface area contributed by atoms with Gasteiger partial charge in [0.05, 0.1) is 36.3 Å². The Morgan fingerprint density at radius 1 is 0.657 bits per heavy atom. The van der Waals surface area contributed by atoms with E-state index in [4.69, 9.17) is 28.4 Å². The zero-order chi connectivity index (χ0) is 49.1. The number of rotatable bonds is 10. The fourth-order valence-corrected chi connectivity index (χ4v) is 15.4. The van der Waals surface area contributed by atoms with Gasteiger partial charge >= 0.3 is 11.9 Å². The molecular weight excluding hydrogens is 881 g/mol. The van der Waals surface area contributed by atoms with Crippen molar-refractivity contribution in [2.24, 2.45) is 56.7 Å². The zero-order valence-corrected chi connectivity index (χ0v) is 39.7. The molecule has 0 radical (unpaired) electrons. The molecule has 0 amide bonds. The monoisotopic (exact) mass is 956 g/mol. The van der Waals surface area contributed by atoms with Crippen LogP contribution in [0.25, 0.3) is 0 Å². The Hall–Kier alpha value is -1.92. The number of hydrogen-bond donors (Lipinski definition) is 11. The molecule has 5 aliphatic carbocycles. The van der Waals surface area contributed by atoms with Crippen LogP contribution in [-0.2, 0) is 38.0 Å². The molecule has 3 heterocycles. The molecule has 11 N–H and O–H groups in total. The number of aliphatic hydroxyl groups is 9. The number of hydrogen-bond acceptors (Lipinski definition) is 17. The molecule has 0 spiro atoms. The Morgan fingerprint density at radius 3 is 1.94 bits per heavy atom. The van der Waals surface area contributed by atoms with Crippen LogP contribution in [0.15, 0.2) is 11.6 Å². The molecular formula is C48H76O19. The average molecular weight is 957 g/mol. The van der Waals surface area contributed by atoms with E-state index < -0.39 is 145 Å². The van der Waals surface area contributed by atoms with Crippen LogP contribution in [0.1, 0.15) is 106 Å². The van der Waals surface area contributed by atoms with Crippen molar-refractivity contribution in [3.63, 3.8) is 0 Å². The number of ether oxygens (including phenoxy) is 6. The molecule has 7 fully saturated rings. The first-order valence-electron chi connectivity index (χ1n) is 24.5. The number of carbonyl (C=O) groups is 2. The normalized spacial score (nSPS) is 54.1. The van der Waals surface area contributed by atoms with E-state index in [2.05, 4.69) is 47.6 Å². The fourth-order valence-electron chi connectivity index (χ4n) is 15.4. The minimum atomic E-state index is -1.81. The molecule has 67 heavy (non-hydrogen) atoms. The Labute approximate surface area is 391 Å². The van der Waals surface area contributed by atoms with Crippen LogP contribution in [0.4, 0.5) is 0 Å². The van der Waals surface area contributed by atoms with E-state index in [-0.39, 0.29) is 41.4 Å². The number of aliphatic hydroxyl groups excluding tert-OH is 9. The van der Waals surface area contributed by atoms with Crippen LogP contribution in [0.3, 0.4) is 0 Å². The first-order chi connectivity index (χ1) is 31.3. The third-order valence-corrected chi connectivity index (χ3v) is 19.5. The molecule has 19 heteroatoms. The van der Waals surface area contributed by atoms with Crippen molar-refractivity contribution in [3.05, 3.63) is 11.6 Å².